The Bertz CT molecular complexity index is 721. The van der Waals surface area contributed by atoms with Gasteiger partial charge < -0.3 is 15.1 Å². The van der Waals surface area contributed by atoms with E-state index in [1.165, 1.54) is 12.8 Å². The first-order valence-electron chi connectivity index (χ1n) is 8.22. The van der Waals surface area contributed by atoms with Gasteiger partial charge in [-0.15, -0.1) is 0 Å². The van der Waals surface area contributed by atoms with E-state index in [1.54, 1.807) is 6.20 Å². The average Bonchev–Trinajstić information content (AvgIpc) is 3.10. The number of hydrogen-bond donors (Lipinski definition) is 1. The third-order valence-electron chi connectivity index (χ3n) is 4.13. The summed E-state index contributed by atoms with van der Waals surface area (Å²) in [6.07, 6.45) is 4.04. The number of amides is 1. The number of carbonyl (C=O) groups is 1. The van der Waals surface area contributed by atoms with Gasteiger partial charge in [-0.05, 0) is 31.9 Å². The predicted molar refractivity (Wildman–Crippen MR) is 96.9 cm³/mol. The average molecular weight is 325 g/mol. The summed E-state index contributed by atoms with van der Waals surface area (Å²) in [6.45, 7) is 3.97. The molecule has 1 aromatic heterocycles. The molecule has 0 unspecified atom stereocenters. The van der Waals surface area contributed by atoms with Crippen LogP contribution in [0.5, 0.6) is 0 Å². The highest BCUT2D eigenvalue weighted by Crippen LogP contribution is 2.25. The van der Waals surface area contributed by atoms with Crippen LogP contribution in [0, 0.1) is 6.92 Å². The van der Waals surface area contributed by atoms with Crippen LogP contribution in [0.25, 0.3) is 0 Å². The number of benzene rings is 1. The molecule has 0 spiro atoms. The van der Waals surface area contributed by atoms with Gasteiger partial charge in [0.05, 0.1) is 6.20 Å². The highest BCUT2D eigenvalue weighted by molar-refractivity contribution is 6.05. The molecule has 24 heavy (non-hydrogen) atoms. The SMILES string of the molecule is Cc1ccc(C(=O)Nc2cnc(N3CCCC3)nc2N(C)C)cc1. The molecule has 0 aliphatic carbocycles. The number of nitrogens with zero attached hydrogens (tertiary/aromatic N) is 4. The molecule has 2 aromatic rings. The molecule has 1 aromatic carbocycles. The summed E-state index contributed by atoms with van der Waals surface area (Å²) in [7, 11) is 3.83. The summed E-state index contributed by atoms with van der Waals surface area (Å²) >= 11 is 0. The zero-order valence-electron chi connectivity index (χ0n) is 14.4. The molecular weight excluding hydrogens is 302 g/mol. The molecule has 6 heteroatoms. The van der Waals surface area contributed by atoms with Gasteiger partial charge in [-0.1, -0.05) is 17.7 Å². The smallest absolute Gasteiger partial charge is 0.255 e. The van der Waals surface area contributed by atoms with Gasteiger partial charge in [-0.25, -0.2) is 4.98 Å². The van der Waals surface area contributed by atoms with Crippen LogP contribution >= 0.6 is 0 Å². The third-order valence-corrected chi connectivity index (χ3v) is 4.13. The third kappa shape index (κ3) is 3.48. The Kier molecular flexibility index (Phi) is 4.64. The van der Waals surface area contributed by atoms with Crippen molar-refractivity contribution >= 4 is 23.4 Å². The van der Waals surface area contributed by atoms with Crippen molar-refractivity contribution in [2.24, 2.45) is 0 Å². The van der Waals surface area contributed by atoms with Crippen LogP contribution in [0.4, 0.5) is 17.5 Å². The lowest BCUT2D eigenvalue weighted by Crippen LogP contribution is -2.23. The largest absolute Gasteiger partial charge is 0.361 e. The minimum Gasteiger partial charge on any atom is -0.361 e. The van der Waals surface area contributed by atoms with Crippen molar-refractivity contribution in [1.82, 2.24) is 9.97 Å². The van der Waals surface area contributed by atoms with E-state index in [9.17, 15) is 4.79 Å². The molecule has 126 valence electrons. The molecule has 0 atom stereocenters. The van der Waals surface area contributed by atoms with Gasteiger partial charge in [0.25, 0.3) is 5.91 Å². The second-order valence-corrected chi connectivity index (χ2v) is 6.32. The first kappa shape index (κ1) is 16.2. The summed E-state index contributed by atoms with van der Waals surface area (Å²) in [5, 5.41) is 2.92. The van der Waals surface area contributed by atoms with Gasteiger partial charge in [0.2, 0.25) is 5.95 Å². The van der Waals surface area contributed by atoms with E-state index in [0.717, 1.165) is 24.6 Å². The van der Waals surface area contributed by atoms with Crippen LogP contribution in [-0.2, 0) is 0 Å². The number of rotatable bonds is 4. The lowest BCUT2D eigenvalue weighted by Gasteiger charge is -2.21. The number of aromatic nitrogens is 2. The number of aryl methyl sites for hydroxylation is 1. The molecule has 2 heterocycles. The highest BCUT2D eigenvalue weighted by atomic mass is 16.1. The first-order valence-corrected chi connectivity index (χ1v) is 8.22. The maximum atomic E-state index is 12.4. The summed E-state index contributed by atoms with van der Waals surface area (Å²) in [6, 6.07) is 7.49. The van der Waals surface area contributed by atoms with E-state index in [2.05, 4.69) is 20.2 Å². The molecule has 1 aliphatic rings. The number of hydrogen-bond acceptors (Lipinski definition) is 5. The monoisotopic (exact) mass is 325 g/mol. The highest BCUT2D eigenvalue weighted by Gasteiger charge is 2.18. The molecule has 3 rings (SSSR count). The Hall–Kier alpha value is -2.63. The molecular formula is C18H23N5O. The molecule has 6 nitrogen and oxygen atoms in total. The van der Waals surface area contributed by atoms with E-state index in [0.29, 0.717) is 17.1 Å². The second-order valence-electron chi connectivity index (χ2n) is 6.32. The Morgan fingerprint density at radius 3 is 2.46 bits per heavy atom. The minimum absolute atomic E-state index is 0.157. The van der Waals surface area contributed by atoms with Crippen molar-refractivity contribution in [2.45, 2.75) is 19.8 Å². The molecule has 1 N–H and O–H groups in total. The zero-order valence-corrected chi connectivity index (χ0v) is 14.4. The Labute approximate surface area is 142 Å². The molecule has 1 fully saturated rings. The fraction of sp³-hybridized carbons (Fsp3) is 0.389. The number of nitrogens with one attached hydrogen (secondary N) is 1. The van der Waals surface area contributed by atoms with Crippen molar-refractivity contribution in [3.05, 3.63) is 41.6 Å². The van der Waals surface area contributed by atoms with E-state index in [1.807, 2.05) is 50.2 Å². The number of anilines is 3. The van der Waals surface area contributed by atoms with Crippen molar-refractivity contribution < 1.29 is 4.79 Å². The first-order chi connectivity index (χ1) is 11.5. The van der Waals surface area contributed by atoms with E-state index in [-0.39, 0.29) is 5.91 Å². The summed E-state index contributed by atoms with van der Waals surface area (Å²) < 4.78 is 0. The maximum Gasteiger partial charge on any atom is 0.255 e. The molecule has 0 radical (unpaired) electrons. The van der Waals surface area contributed by atoms with Gasteiger partial charge in [-0.3, -0.25) is 4.79 Å². The van der Waals surface area contributed by atoms with Crippen molar-refractivity contribution in [1.29, 1.82) is 0 Å². The van der Waals surface area contributed by atoms with Crippen molar-refractivity contribution in [2.75, 3.05) is 42.3 Å². The van der Waals surface area contributed by atoms with Gasteiger partial charge >= 0.3 is 0 Å². The quantitative estimate of drug-likeness (QED) is 0.936. The van der Waals surface area contributed by atoms with Gasteiger partial charge in [-0.2, -0.15) is 4.98 Å². The molecule has 1 amide bonds. The zero-order chi connectivity index (χ0) is 17.1. The lowest BCUT2D eigenvalue weighted by molar-refractivity contribution is 0.102. The van der Waals surface area contributed by atoms with E-state index in [4.69, 9.17) is 0 Å². The van der Waals surface area contributed by atoms with Gasteiger partial charge in [0.1, 0.15) is 5.69 Å². The molecule has 0 saturated carbocycles. The van der Waals surface area contributed by atoms with Crippen LogP contribution in [0.3, 0.4) is 0 Å². The second kappa shape index (κ2) is 6.86. The van der Waals surface area contributed by atoms with Crippen LogP contribution in [0.15, 0.2) is 30.5 Å². The Morgan fingerprint density at radius 1 is 1.17 bits per heavy atom. The van der Waals surface area contributed by atoms with E-state index >= 15 is 0 Å². The van der Waals surface area contributed by atoms with Crippen molar-refractivity contribution in [3.63, 3.8) is 0 Å². The normalized spacial score (nSPS) is 13.9. The predicted octanol–water partition coefficient (Wildman–Crippen LogP) is 2.70. The van der Waals surface area contributed by atoms with E-state index < -0.39 is 0 Å². The van der Waals surface area contributed by atoms with Crippen molar-refractivity contribution in [3.8, 4) is 0 Å². The van der Waals surface area contributed by atoms with Crippen LogP contribution in [-0.4, -0.2) is 43.1 Å². The molecule has 1 aliphatic heterocycles. The standard InChI is InChI=1S/C18H23N5O/c1-13-6-8-14(9-7-13)17(24)20-15-12-19-18(21-16(15)22(2)3)23-10-4-5-11-23/h6-9,12H,4-5,10-11H2,1-3H3,(H,20,24). The van der Waals surface area contributed by atoms with Gasteiger partial charge in [0, 0.05) is 32.7 Å². The topological polar surface area (TPSA) is 61.4 Å². The maximum absolute atomic E-state index is 12.4. The summed E-state index contributed by atoms with van der Waals surface area (Å²) in [5.74, 6) is 1.28. The fourth-order valence-electron chi connectivity index (χ4n) is 2.76. The number of carbonyl (C=O) groups excluding carboxylic acids is 1. The Balaban J connectivity index is 1.83. The molecule has 0 bridgehead atoms. The van der Waals surface area contributed by atoms with Crippen LogP contribution in [0.2, 0.25) is 0 Å². The fourth-order valence-corrected chi connectivity index (χ4v) is 2.76. The molecule has 1 saturated heterocycles. The summed E-state index contributed by atoms with van der Waals surface area (Å²) in [4.78, 5) is 25.6. The Morgan fingerprint density at radius 2 is 1.83 bits per heavy atom. The summed E-state index contributed by atoms with van der Waals surface area (Å²) in [5.41, 5.74) is 2.36. The van der Waals surface area contributed by atoms with Crippen LogP contribution < -0.4 is 15.1 Å². The lowest BCUT2D eigenvalue weighted by atomic mass is 10.1. The van der Waals surface area contributed by atoms with Crippen LogP contribution in [0.1, 0.15) is 28.8 Å². The van der Waals surface area contributed by atoms with Gasteiger partial charge in [0.15, 0.2) is 5.82 Å². The minimum atomic E-state index is -0.157.